The number of carbonyl (C=O) groups excluding carboxylic acids is 1. The van der Waals surface area contributed by atoms with Crippen LogP contribution in [-0.2, 0) is 9.53 Å². The molecule has 1 saturated heterocycles. The zero-order valence-corrected chi connectivity index (χ0v) is 11.2. The van der Waals surface area contributed by atoms with Gasteiger partial charge < -0.3 is 9.64 Å². The molecule has 0 spiro atoms. The van der Waals surface area contributed by atoms with E-state index < -0.39 is 0 Å². The van der Waals surface area contributed by atoms with E-state index in [1.165, 1.54) is 6.92 Å². The summed E-state index contributed by atoms with van der Waals surface area (Å²) in [5.74, 6) is 0.248. The summed E-state index contributed by atoms with van der Waals surface area (Å²) in [5, 5.41) is 0. The number of carbonyl (C=O) groups is 1. The van der Waals surface area contributed by atoms with Gasteiger partial charge in [0, 0.05) is 38.9 Å². The molecule has 1 rings (SSSR count). The fourth-order valence-corrected chi connectivity index (χ4v) is 2.50. The second kappa shape index (κ2) is 5.17. The average Bonchev–Trinajstić information content (AvgIpc) is 2.17. The number of likely N-dealkylation sites (tertiary alicyclic amines) is 1. The summed E-state index contributed by atoms with van der Waals surface area (Å²) >= 11 is 0. The Bertz CT molecular complexity index is 240. The molecule has 0 unspecified atom stereocenters. The summed E-state index contributed by atoms with van der Waals surface area (Å²) in [6, 6.07) is 0.586. The second-order valence-electron chi connectivity index (χ2n) is 5.44. The Labute approximate surface area is 99.1 Å². The molecule has 0 bridgehead atoms. The third-order valence-electron chi connectivity index (χ3n) is 3.77. The highest BCUT2D eigenvalue weighted by Gasteiger charge is 2.40. The second-order valence-corrected chi connectivity index (χ2v) is 5.44. The normalized spacial score (nSPS) is 21.4. The zero-order chi connectivity index (χ0) is 12.3. The van der Waals surface area contributed by atoms with Gasteiger partial charge in [-0.25, -0.2) is 0 Å². The Morgan fingerprint density at radius 1 is 1.19 bits per heavy atom. The van der Waals surface area contributed by atoms with Crippen molar-refractivity contribution >= 4 is 5.97 Å². The maximum atomic E-state index is 11.2. The molecule has 1 heterocycles. The van der Waals surface area contributed by atoms with Crippen molar-refractivity contribution in [1.82, 2.24) is 4.90 Å². The predicted octanol–water partition coefficient (Wildman–Crippen LogP) is 2.45. The Balaban J connectivity index is 2.66. The van der Waals surface area contributed by atoms with Crippen molar-refractivity contribution in [3.8, 4) is 0 Å². The van der Waals surface area contributed by atoms with Crippen LogP contribution in [0.1, 0.15) is 47.5 Å². The van der Waals surface area contributed by atoms with Crippen LogP contribution in [0, 0.1) is 5.92 Å². The molecule has 94 valence electrons. The average molecular weight is 227 g/mol. The number of esters is 1. The minimum atomic E-state index is -0.225. The quantitative estimate of drug-likeness (QED) is 0.694. The molecule has 0 atom stereocenters. The Kier molecular flexibility index (Phi) is 4.36. The van der Waals surface area contributed by atoms with E-state index in [2.05, 4.69) is 32.6 Å². The smallest absolute Gasteiger partial charge is 0.303 e. The molecular weight excluding hydrogens is 202 g/mol. The van der Waals surface area contributed by atoms with E-state index in [4.69, 9.17) is 4.74 Å². The van der Waals surface area contributed by atoms with Crippen molar-refractivity contribution < 1.29 is 9.53 Å². The number of ether oxygens (including phenoxy) is 1. The molecule has 3 heteroatoms. The maximum absolute atomic E-state index is 11.2. The van der Waals surface area contributed by atoms with Crippen molar-refractivity contribution in [1.29, 1.82) is 0 Å². The fourth-order valence-electron chi connectivity index (χ4n) is 2.50. The van der Waals surface area contributed by atoms with Crippen LogP contribution in [-0.4, -0.2) is 35.6 Å². The molecule has 0 aromatic heterocycles. The van der Waals surface area contributed by atoms with Gasteiger partial charge in [0.15, 0.2) is 0 Å². The van der Waals surface area contributed by atoms with E-state index >= 15 is 0 Å². The third kappa shape index (κ3) is 2.97. The molecule has 0 N–H and O–H groups in total. The molecule has 3 nitrogen and oxygen atoms in total. The van der Waals surface area contributed by atoms with Crippen LogP contribution in [0.25, 0.3) is 0 Å². The number of hydrogen-bond acceptors (Lipinski definition) is 3. The van der Waals surface area contributed by atoms with Gasteiger partial charge in [0.1, 0.15) is 5.60 Å². The first kappa shape index (κ1) is 13.5. The van der Waals surface area contributed by atoms with Crippen molar-refractivity contribution in [2.75, 3.05) is 13.1 Å². The summed E-state index contributed by atoms with van der Waals surface area (Å²) in [4.78, 5) is 13.6. The highest BCUT2D eigenvalue weighted by molar-refractivity contribution is 5.66. The standard InChI is InChI=1S/C13H25NO2/c1-10(2)13(16-12(5)15)6-8-14(9-7-13)11(3)4/h10-11H,6-9H2,1-5H3. The van der Waals surface area contributed by atoms with Crippen LogP contribution in [0.4, 0.5) is 0 Å². The number of piperidine rings is 1. The van der Waals surface area contributed by atoms with E-state index in [9.17, 15) is 4.79 Å². The lowest BCUT2D eigenvalue weighted by atomic mass is 9.81. The highest BCUT2D eigenvalue weighted by atomic mass is 16.6. The fraction of sp³-hybridized carbons (Fsp3) is 0.923. The maximum Gasteiger partial charge on any atom is 0.303 e. The zero-order valence-electron chi connectivity index (χ0n) is 11.2. The van der Waals surface area contributed by atoms with Crippen LogP contribution in [0.15, 0.2) is 0 Å². The first-order chi connectivity index (χ1) is 7.37. The van der Waals surface area contributed by atoms with Crippen LogP contribution >= 0.6 is 0 Å². The summed E-state index contributed by atoms with van der Waals surface area (Å²) < 4.78 is 5.60. The van der Waals surface area contributed by atoms with Crippen molar-refractivity contribution in [3.63, 3.8) is 0 Å². The van der Waals surface area contributed by atoms with Gasteiger partial charge in [0.25, 0.3) is 0 Å². The van der Waals surface area contributed by atoms with E-state index in [1.54, 1.807) is 0 Å². The van der Waals surface area contributed by atoms with Crippen LogP contribution in [0.2, 0.25) is 0 Å². The summed E-state index contributed by atoms with van der Waals surface area (Å²) in [6.45, 7) is 12.3. The topological polar surface area (TPSA) is 29.5 Å². The van der Waals surface area contributed by atoms with Gasteiger partial charge in [-0.15, -0.1) is 0 Å². The van der Waals surface area contributed by atoms with Gasteiger partial charge >= 0.3 is 5.97 Å². The SMILES string of the molecule is CC(=O)OC1(C(C)C)CCN(C(C)C)CC1. The molecule has 0 aromatic carbocycles. The van der Waals surface area contributed by atoms with E-state index in [1.807, 2.05) is 0 Å². The first-order valence-corrected chi connectivity index (χ1v) is 6.31. The van der Waals surface area contributed by atoms with Gasteiger partial charge in [-0.05, 0) is 19.8 Å². The highest BCUT2D eigenvalue weighted by Crippen LogP contribution is 2.34. The Morgan fingerprint density at radius 3 is 2.00 bits per heavy atom. The van der Waals surface area contributed by atoms with Crippen LogP contribution in [0.5, 0.6) is 0 Å². The number of nitrogens with zero attached hydrogens (tertiary/aromatic N) is 1. The molecule has 0 aromatic rings. The summed E-state index contributed by atoms with van der Waals surface area (Å²) in [6.07, 6.45) is 1.92. The van der Waals surface area contributed by atoms with E-state index in [-0.39, 0.29) is 11.6 Å². The monoisotopic (exact) mass is 227 g/mol. The number of rotatable bonds is 3. The van der Waals surface area contributed by atoms with E-state index in [0.717, 1.165) is 25.9 Å². The van der Waals surface area contributed by atoms with Crippen LogP contribution in [0.3, 0.4) is 0 Å². The molecule has 16 heavy (non-hydrogen) atoms. The minimum Gasteiger partial charge on any atom is -0.459 e. The predicted molar refractivity (Wildman–Crippen MR) is 65.3 cm³/mol. The van der Waals surface area contributed by atoms with E-state index in [0.29, 0.717) is 12.0 Å². The number of hydrogen-bond donors (Lipinski definition) is 0. The van der Waals surface area contributed by atoms with Gasteiger partial charge in [-0.3, -0.25) is 4.79 Å². The molecule has 1 fully saturated rings. The largest absolute Gasteiger partial charge is 0.459 e. The van der Waals surface area contributed by atoms with Gasteiger partial charge in [-0.2, -0.15) is 0 Å². The minimum absolute atomic E-state index is 0.147. The molecule has 0 aliphatic carbocycles. The lowest BCUT2D eigenvalue weighted by Crippen LogP contribution is -2.51. The van der Waals surface area contributed by atoms with Gasteiger partial charge in [0.2, 0.25) is 0 Å². The molecule has 0 radical (unpaired) electrons. The molecular formula is C13H25NO2. The van der Waals surface area contributed by atoms with Crippen LogP contribution < -0.4 is 0 Å². The van der Waals surface area contributed by atoms with Crippen molar-refractivity contribution in [2.24, 2.45) is 5.92 Å². The Hall–Kier alpha value is -0.570. The summed E-state index contributed by atoms with van der Waals surface area (Å²) in [5.41, 5.74) is -0.225. The Morgan fingerprint density at radius 2 is 1.69 bits per heavy atom. The van der Waals surface area contributed by atoms with Gasteiger partial charge in [-0.1, -0.05) is 13.8 Å². The lowest BCUT2D eigenvalue weighted by Gasteiger charge is -2.44. The molecule has 1 aliphatic rings. The molecule has 0 amide bonds. The van der Waals surface area contributed by atoms with Crippen molar-refractivity contribution in [2.45, 2.75) is 59.1 Å². The lowest BCUT2D eigenvalue weighted by molar-refractivity contribution is -0.169. The third-order valence-corrected chi connectivity index (χ3v) is 3.77. The van der Waals surface area contributed by atoms with Crippen molar-refractivity contribution in [3.05, 3.63) is 0 Å². The van der Waals surface area contributed by atoms with Gasteiger partial charge in [0.05, 0.1) is 0 Å². The first-order valence-electron chi connectivity index (χ1n) is 6.31. The molecule has 1 aliphatic heterocycles. The molecule has 0 saturated carbocycles. The summed E-state index contributed by atoms with van der Waals surface area (Å²) in [7, 11) is 0.